The normalized spacial score (nSPS) is 17.7. The average molecular weight is 311 g/mol. The van der Waals surface area contributed by atoms with Gasteiger partial charge >= 0.3 is 6.03 Å². The Morgan fingerprint density at radius 1 is 1.13 bits per heavy atom. The van der Waals surface area contributed by atoms with Crippen molar-refractivity contribution in [2.75, 3.05) is 25.5 Å². The van der Waals surface area contributed by atoms with Crippen LogP contribution < -0.4 is 15.4 Å². The number of benzene rings is 2. The summed E-state index contributed by atoms with van der Waals surface area (Å²) in [4.78, 5) is 14.4. The molecule has 23 heavy (non-hydrogen) atoms. The van der Waals surface area contributed by atoms with E-state index in [0.717, 1.165) is 25.3 Å². The molecular weight excluding hydrogens is 290 g/mol. The number of nitrogens with zero attached hydrogens (tertiary/aromatic N) is 1. The van der Waals surface area contributed by atoms with Crippen LogP contribution in [0.15, 0.2) is 54.6 Å². The largest absolute Gasteiger partial charge is 0.455 e. The number of hydrogen-bond donors (Lipinski definition) is 2. The van der Waals surface area contributed by atoms with Gasteiger partial charge in [0.05, 0.1) is 5.69 Å². The van der Waals surface area contributed by atoms with Crippen LogP contribution in [0.3, 0.4) is 0 Å². The zero-order valence-corrected chi connectivity index (χ0v) is 13.2. The standard InChI is InChI=1S/C18H21N3O2/c1-21-12-11-14(13-21)19-18(22)20-16-9-5-6-10-17(16)23-15-7-3-2-4-8-15/h2-10,14H,11-13H2,1H3,(H2,19,20,22). The Labute approximate surface area is 136 Å². The molecule has 1 aliphatic heterocycles. The van der Waals surface area contributed by atoms with Crippen LogP contribution >= 0.6 is 0 Å². The molecule has 2 N–H and O–H groups in total. The highest BCUT2D eigenvalue weighted by atomic mass is 16.5. The molecule has 0 radical (unpaired) electrons. The second kappa shape index (κ2) is 7.15. The maximum Gasteiger partial charge on any atom is 0.319 e. The van der Waals surface area contributed by atoms with Crippen LogP contribution in [0.1, 0.15) is 6.42 Å². The van der Waals surface area contributed by atoms with Crippen LogP contribution in [0.2, 0.25) is 0 Å². The number of hydrogen-bond acceptors (Lipinski definition) is 3. The lowest BCUT2D eigenvalue weighted by Gasteiger charge is -2.16. The van der Waals surface area contributed by atoms with E-state index in [2.05, 4.69) is 22.6 Å². The Morgan fingerprint density at radius 3 is 2.61 bits per heavy atom. The summed E-state index contributed by atoms with van der Waals surface area (Å²) < 4.78 is 5.85. The van der Waals surface area contributed by atoms with Gasteiger partial charge in [-0.15, -0.1) is 0 Å². The molecule has 3 rings (SSSR count). The lowest BCUT2D eigenvalue weighted by molar-refractivity contribution is 0.248. The van der Waals surface area contributed by atoms with Crippen molar-refractivity contribution < 1.29 is 9.53 Å². The number of likely N-dealkylation sites (tertiary alicyclic amines) is 1. The number of amides is 2. The van der Waals surface area contributed by atoms with Gasteiger partial charge in [-0.2, -0.15) is 0 Å². The van der Waals surface area contributed by atoms with Crippen molar-refractivity contribution in [3.63, 3.8) is 0 Å². The van der Waals surface area contributed by atoms with Gasteiger partial charge in [0.1, 0.15) is 5.75 Å². The molecule has 1 unspecified atom stereocenters. The van der Waals surface area contributed by atoms with E-state index in [9.17, 15) is 4.79 Å². The van der Waals surface area contributed by atoms with E-state index in [1.807, 2.05) is 54.6 Å². The average Bonchev–Trinajstić information content (AvgIpc) is 2.95. The number of para-hydroxylation sites is 3. The zero-order valence-electron chi connectivity index (χ0n) is 13.2. The minimum absolute atomic E-state index is 0.196. The van der Waals surface area contributed by atoms with Gasteiger partial charge in [-0.05, 0) is 44.3 Å². The van der Waals surface area contributed by atoms with Crippen molar-refractivity contribution in [3.8, 4) is 11.5 Å². The van der Waals surface area contributed by atoms with Crippen LogP contribution in [0.25, 0.3) is 0 Å². The molecule has 0 spiro atoms. The van der Waals surface area contributed by atoms with E-state index in [1.54, 1.807) is 0 Å². The Bertz CT molecular complexity index is 660. The molecule has 1 heterocycles. The highest BCUT2D eigenvalue weighted by Gasteiger charge is 2.21. The molecular formula is C18H21N3O2. The molecule has 2 amide bonds. The number of rotatable bonds is 4. The van der Waals surface area contributed by atoms with Crippen LogP contribution in [0, 0.1) is 0 Å². The number of anilines is 1. The van der Waals surface area contributed by atoms with Crippen LogP contribution in [-0.2, 0) is 0 Å². The summed E-state index contributed by atoms with van der Waals surface area (Å²) in [6.45, 7) is 1.90. The van der Waals surface area contributed by atoms with Crippen molar-refractivity contribution in [3.05, 3.63) is 54.6 Å². The predicted octanol–water partition coefficient (Wildman–Crippen LogP) is 3.30. The molecule has 2 aromatic rings. The lowest BCUT2D eigenvalue weighted by atomic mass is 10.2. The molecule has 1 aliphatic rings. The van der Waals surface area contributed by atoms with Crippen molar-refractivity contribution in [1.29, 1.82) is 0 Å². The Balaban J connectivity index is 1.64. The minimum Gasteiger partial charge on any atom is -0.455 e. The van der Waals surface area contributed by atoms with E-state index >= 15 is 0 Å². The van der Waals surface area contributed by atoms with Gasteiger partial charge in [0, 0.05) is 12.6 Å². The predicted molar refractivity (Wildman–Crippen MR) is 91.0 cm³/mol. The maximum atomic E-state index is 12.2. The van der Waals surface area contributed by atoms with E-state index in [0.29, 0.717) is 11.4 Å². The fourth-order valence-corrected chi connectivity index (χ4v) is 2.67. The minimum atomic E-state index is -0.200. The molecule has 0 aliphatic carbocycles. The second-order valence-corrected chi connectivity index (χ2v) is 5.76. The third kappa shape index (κ3) is 4.23. The SMILES string of the molecule is CN1CCC(NC(=O)Nc2ccccc2Oc2ccccc2)C1. The van der Waals surface area contributed by atoms with Gasteiger partial charge in [0.15, 0.2) is 5.75 Å². The lowest BCUT2D eigenvalue weighted by Crippen LogP contribution is -2.39. The number of ether oxygens (including phenoxy) is 1. The van der Waals surface area contributed by atoms with Gasteiger partial charge in [-0.3, -0.25) is 0 Å². The number of carbonyl (C=O) groups excluding carboxylic acids is 1. The summed E-state index contributed by atoms with van der Waals surface area (Å²) in [7, 11) is 2.06. The second-order valence-electron chi connectivity index (χ2n) is 5.76. The molecule has 2 aromatic carbocycles. The van der Waals surface area contributed by atoms with Crippen LogP contribution in [0.5, 0.6) is 11.5 Å². The summed E-state index contributed by atoms with van der Waals surface area (Å²) in [5.74, 6) is 1.36. The smallest absolute Gasteiger partial charge is 0.319 e. The molecule has 1 fully saturated rings. The van der Waals surface area contributed by atoms with E-state index in [1.165, 1.54) is 0 Å². The molecule has 5 nitrogen and oxygen atoms in total. The van der Waals surface area contributed by atoms with Gasteiger partial charge in [0.25, 0.3) is 0 Å². The monoisotopic (exact) mass is 311 g/mol. The molecule has 0 aromatic heterocycles. The number of nitrogens with one attached hydrogen (secondary N) is 2. The van der Waals surface area contributed by atoms with E-state index in [4.69, 9.17) is 4.74 Å². The quantitative estimate of drug-likeness (QED) is 0.911. The zero-order chi connectivity index (χ0) is 16.1. The molecule has 1 atom stereocenters. The third-order valence-corrected chi connectivity index (χ3v) is 3.83. The van der Waals surface area contributed by atoms with E-state index < -0.39 is 0 Å². The van der Waals surface area contributed by atoms with E-state index in [-0.39, 0.29) is 12.1 Å². The Kier molecular flexibility index (Phi) is 4.78. The van der Waals surface area contributed by atoms with Crippen molar-refractivity contribution in [1.82, 2.24) is 10.2 Å². The van der Waals surface area contributed by atoms with Crippen molar-refractivity contribution in [2.45, 2.75) is 12.5 Å². The summed E-state index contributed by atoms with van der Waals surface area (Å²) in [6.07, 6.45) is 0.978. The number of carbonyl (C=O) groups is 1. The first-order valence-electron chi connectivity index (χ1n) is 7.79. The first-order valence-corrected chi connectivity index (χ1v) is 7.79. The first kappa shape index (κ1) is 15.4. The number of likely N-dealkylation sites (N-methyl/N-ethyl adjacent to an activating group) is 1. The van der Waals surface area contributed by atoms with Crippen molar-refractivity contribution in [2.24, 2.45) is 0 Å². The van der Waals surface area contributed by atoms with Gasteiger partial charge in [0.2, 0.25) is 0 Å². The molecule has 1 saturated heterocycles. The van der Waals surface area contributed by atoms with Gasteiger partial charge < -0.3 is 20.3 Å². The molecule has 120 valence electrons. The molecule has 5 heteroatoms. The molecule has 0 bridgehead atoms. The van der Waals surface area contributed by atoms with Gasteiger partial charge in [-0.25, -0.2) is 4.79 Å². The Hall–Kier alpha value is -2.53. The highest BCUT2D eigenvalue weighted by Crippen LogP contribution is 2.29. The summed E-state index contributed by atoms with van der Waals surface area (Å²) in [5, 5.41) is 5.88. The van der Waals surface area contributed by atoms with Crippen LogP contribution in [-0.4, -0.2) is 37.1 Å². The third-order valence-electron chi connectivity index (χ3n) is 3.83. The van der Waals surface area contributed by atoms with Gasteiger partial charge in [-0.1, -0.05) is 30.3 Å². The maximum absolute atomic E-state index is 12.2. The highest BCUT2D eigenvalue weighted by molar-refractivity contribution is 5.91. The van der Waals surface area contributed by atoms with Crippen molar-refractivity contribution >= 4 is 11.7 Å². The fraction of sp³-hybridized carbons (Fsp3) is 0.278. The summed E-state index contributed by atoms with van der Waals surface area (Å²) in [5.41, 5.74) is 0.653. The first-order chi connectivity index (χ1) is 11.2. The summed E-state index contributed by atoms with van der Waals surface area (Å²) >= 11 is 0. The fourth-order valence-electron chi connectivity index (χ4n) is 2.67. The number of urea groups is 1. The Morgan fingerprint density at radius 2 is 1.87 bits per heavy atom. The topological polar surface area (TPSA) is 53.6 Å². The molecule has 0 saturated carbocycles. The summed E-state index contributed by atoms with van der Waals surface area (Å²) in [6, 6.07) is 16.9. The van der Waals surface area contributed by atoms with Crippen LogP contribution in [0.4, 0.5) is 10.5 Å².